The van der Waals surface area contributed by atoms with E-state index in [0.717, 1.165) is 11.3 Å². The number of carbonyl (C=O) groups excluding carboxylic acids is 1. The number of anilines is 1. The van der Waals surface area contributed by atoms with Gasteiger partial charge in [-0.3, -0.25) is 9.52 Å². The molecule has 1 amide bonds. The van der Waals surface area contributed by atoms with Gasteiger partial charge in [-0.1, -0.05) is 6.07 Å². The molecule has 0 aliphatic carbocycles. The smallest absolute Gasteiger partial charge is 0.271 e. The maximum Gasteiger partial charge on any atom is 0.271 e. The van der Waals surface area contributed by atoms with Crippen molar-refractivity contribution in [1.29, 1.82) is 0 Å². The number of halogens is 1. The maximum atomic E-state index is 13.7. The Labute approximate surface area is 132 Å². The minimum absolute atomic E-state index is 0.0628. The van der Waals surface area contributed by atoms with Gasteiger partial charge in [-0.25, -0.2) is 12.8 Å². The Morgan fingerprint density at radius 2 is 2.00 bits per heavy atom. The summed E-state index contributed by atoms with van der Waals surface area (Å²) in [7, 11) is -3.85. The number of rotatable bonds is 5. The first-order valence-corrected chi connectivity index (χ1v) is 8.70. The molecule has 0 radical (unpaired) electrons. The number of amides is 1. The third-order valence-corrected chi connectivity index (χ3v) is 5.72. The van der Waals surface area contributed by atoms with Gasteiger partial charge in [0.1, 0.15) is 10.0 Å². The number of aryl methyl sites for hydroxylation is 1. The molecule has 1 heterocycles. The van der Waals surface area contributed by atoms with Crippen LogP contribution in [0.15, 0.2) is 34.5 Å². The summed E-state index contributed by atoms with van der Waals surface area (Å²) < 4.78 is 40.5. The third kappa shape index (κ3) is 4.05. The molecular weight excluding hydrogens is 327 g/mol. The molecule has 2 N–H and O–H groups in total. The van der Waals surface area contributed by atoms with E-state index in [1.807, 2.05) is 0 Å². The SMILES string of the molecule is CC(=O)NCc1ccc(S(=O)(=O)Nc2ccc(C)cc2F)s1. The molecule has 22 heavy (non-hydrogen) atoms. The Hall–Kier alpha value is -1.93. The Balaban J connectivity index is 2.18. The molecule has 2 aromatic rings. The van der Waals surface area contributed by atoms with Crippen LogP contribution in [-0.4, -0.2) is 14.3 Å². The summed E-state index contributed by atoms with van der Waals surface area (Å²) in [6.45, 7) is 3.36. The highest BCUT2D eigenvalue weighted by Crippen LogP contribution is 2.25. The Kier molecular flexibility index (Phi) is 4.82. The summed E-state index contributed by atoms with van der Waals surface area (Å²) in [6, 6.07) is 7.30. The van der Waals surface area contributed by atoms with E-state index in [0.29, 0.717) is 10.4 Å². The number of hydrogen-bond acceptors (Lipinski definition) is 4. The fourth-order valence-electron chi connectivity index (χ4n) is 1.71. The average Bonchev–Trinajstić information content (AvgIpc) is 2.89. The highest BCUT2D eigenvalue weighted by molar-refractivity contribution is 7.94. The van der Waals surface area contributed by atoms with Crippen molar-refractivity contribution in [3.05, 3.63) is 46.6 Å². The van der Waals surface area contributed by atoms with E-state index in [2.05, 4.69) is 10.0 Å². The predicted octanol–water partition coefficient (Wildman–Crippen LogP) is 2.63. The van der Waals surface area contributed by atoms with Crippen molar-refractivity contribution < 1.29 is 17.6 Å². The van der Waals surface area contributed by atoms with Crippen LogP contribution in [0, 0.1) is 12.7 Å². The van der Waals surface area contributed by atoms with Crippen LogP contribution in [0.3, 0.4) is 0 Å². The van der Waals surface area contributed by atoms with Gasteiger partial charge in [-0.05, 0) is 36.8 Å². The van der Waals surface area contributed by atoms with Gasteiger partial charge in [0.25, 0.3) is 10.0 Å². The van der Waals surface area contributed by atoms with E-state index in [-0.39, 0.29) is 22.3 Å². The van der Waals surface area contributed by atoms with Gasteiger partial charge in [0.05, 0.1) is 12.2 Å². The lowest BCUT2D eigenvalue weighted by molar-refractivity contribution is -0.119. The van der Waals surface area contributed by atoms with E-state index in [4.69, 9.17) is 0 Å². The molecular formula is C14H15FN2O3S2. The molecule has 0 atom stereocenters. The predicted molar refractivity (Wildman–Crippen MR) is 83.8 cm³/mol. The zero-order chi connectivity index (χ0) is 16.3. The lowest BCUT2D eigenvalue weighted by Crippen LogP contribution is -2.18. The number of thiophene rings is 1. The van der Waals surface area contributed by atoms with Crippen LogP contribution in [0.2, 0.25) is 0 Å². The molecule has 1 aromatic carbocycles. The quantitative estimate of drug-likeness (QED) is 0.877. The van der Waals surface area contributed by atoms with Gasteiger partial charge in [0.15, 0.2) is 0 Å². The summed E-state index contributed by atoms with van der Waals surface area (Å²) in [5.74, 6) is -0.823. The monoisotopic (exact) mass is 342 g/mol. The van der Waals surface area contributed by atoms with Gasteiger partial charge in [0.2, 0.25) is 5.91 Å². The highest BCUT2D eigenvalue weighted by atomic mass is 32.2. The molecule has 0 unspecified atom stereocenters. The summed E-state index contributed by atoms with van der Waals surface area (Å²) in [5.41, 5.74) is 0.608. The second-order valence-corrected chi connectivity index (χ2v) is 7.80. The molecule has 0 spiro atoms. The van der Waals surface area contributed by atoms with E-state index in [1.165, 1.54) is 25.1 Å². The van der Waals surface area contributed by atoms with Crippen molar-refractivity contribution in [2.24, 2.45) is 0 Å². The van der Waals surface area contributed by atoms with Crippen molar-refractivity contribution >= 4 is 33.0 Å². The second kappa shape index (κ2) is 6.45. The van der Waals surface area contributed by atoms with Gasteiger partial charge in [-0.2, -0.15) is 0 Å². The fraction of sp³-hybridized carbons (Fsp3) is 0.214. The number of hydrogen-bond donors (Lipinski definition) is 2. The van der Waals surface area contributed by atoms with E-state index in [1.54, 1.807) is 19.1 Å². The first kappa shape index (κ1) is 16.4. The van der Waals surface area contributed by atoms with Crippen LogP contribution in [0.5, 0.6) is 0 Å². The lowest BCUT2D eigenvalue weighted by Gasteiger charge is -2.07. The van der Waals surface area contributed by atoms with Crippen LogP contribution in [0.4, 0.5) is 10.1 Å². The molecule has 0 aliphatic rings. The topological polar surface area (TPSA) is 75.3 Å². The third-order valence-electron chi connectivity index (χ3n) is 2.78. The first-order valence-electron chi connectivity index (χ1n) is 6.40. The molecule has 0 bridgehead atoms. The molecule has 2 rings (SSSR count). The van der Waals surface area contributed by atoms with E-state index >= 15 is 0 Å². The van der Waals surface area contributed by atoms with Crippen molar-refractivity contribution in [2.75, 3.05) is 4.72 Å². The Morgan fingerprint density at radius 1 is 1.27 bits per heavy atom. The van der Waals surface area contributed by atoms with Crippen molar-refractivity contribution in [2.45, 2.75) is 24.6 Å². The molecule has 8 heteroatoms. The van der Waals surface area contributed by atoms with Crippen molar-refractivity contribution in [3.8, 4) is 0 Å². The largest absolute Gasteiger partial charge is 0.351 e. The van der Waals surface area contributed by atoms with Crippen molar-refractivity contribution in [1.82, 2.24) is 5.32 Å². The van der Waals surface area contributed by atoms with Crippen LogP contribution in [-0.2, 0) is 21.4 Å². The minimum atomic E-state index is -3.85. The fourth-order valence-corrected chi connectivity index (χ4v) is 4.07. The molecule has 0 saturated heterocycles. The van der Waals surface area contributed by atoms with Gasteiger partial charge < -0.3 is 5.32 Å². The van der Waals surface area contributed by atoms with Crippen LogP contribution in [0.1, 0.15) is 17.4 Å². The molecule has 1 aromatic heterocycles. The molecule has 0 fully saturated rings. The van der Waals surface area contributed by atoms with Crippen molar-refractivity contribution in [3.63, 3.8) is 0 Å². The minimum Gasteiger partial charge on any atom is -0.351 e. The summed E-state index contributed by atoms with van der Waals surface area (Å²) in [4.78, 5) is 11.5. The maximum absolute atomic E-state index is 13.7. The van der Waals surface area contributed by atoms with Crippen LogP contribution in [0.25, 0.3) is 0 Å². The molecule has 0 aliphatic heterocycles. The van der Waals surface area contributed by atoms with E-state index in [9.17, 15) is 17.6 Å². The van der Waals surface area contributed by atoms with Crippen LogP contribution >= 0.6 is 11.3 Å². The molecule has 0 saturated carbocycles. The number of nitrogens with one attached hydrogen (secondary N) is 2. The van der Waals surface area contributed by atoms with E-state index < -0.39 is 15.8 Å². The van der Waals surface area contributed by atoms with Gasteiger partial charge in [0, 0.05) is 11.8 Å². The zero-order valence-electron chi connectivity index (χ0n) is 12.0. The number of benzene rings is 1. The first-order chi connectivity index (χ1) is 10.3. The summed E-state index contributed by atoms with van der Waals surface area (Å²) >= 11 is 1.02. The zero-order valence-corrected chi connectivity index (χ0v) is 13.6. The summed E-state index contributed by atoms with van der Waals surface area (Å²) in [5, 5.41) is 2.59. The molecule has 5 nitrogen and oxygen atoms in total. The standard InChI is InChI=1S/C14H15FN2O3S2/c1-9-3-5-13(12(15)7-9)17-22(19,20)14-6-4-11(21-14)8-16-10(2)18/h3-7,17H,8H2,1-2H3,(H,16,18). The highest BCUT2D eigenvalue weighted by Gasteiger charge is 2.18. The number of sulfonamides is 1. The normalized spacial score (nSPS) is 11.2. The average molecular weight is 342 g/mol. The van der Waals surface area contributed by atoms with Crippen LogP contribution < -0.4 is 10.0 Å². The summed E-state index contributed by atoms with van der Waals surface area (Å²) in [6.07, 6.45) is 0. The molecule has 118 valence electrons. The Bertz CT molecular complexity index is 800. The van der Waals surface area contributed by atoms with Gasteiger partial charge >= 0.3 is 0 Å². The second-order valence-electron chi connectivity index (χ2n) is 4.72. The lowest BCUT2D eigenvalue weighted by atomic mass is 10.2. The number of carbonyl (C=O) groups is 1. The Morgan fingerprint density at radius 3 is 2.64 bits per heavy atom. The van der Waals surface area contributed by atoms with Gasteiger partial charge in [-0.15, -0.1) is 11.3 Å².